The van der Waals surface area contributed by atoms with Crippen molar-refractivity contribution in [2.75, 3.05) is 32.9 Å². The fourth-order valence-electron chi connectivity index (χ4n) is 2.14. The molecule has 0 radical (unpaired) electrons. The Morgan fingerprint density at radius 1 is 1.33 bits per heavy atom. The number of alkyl halides is 1. The van der Waals surface area contributed by atoms with E-state index in [9.17, 15) is 8.78 Å². The first-order valence-corrected chi connectivity index (χ1v) is 6.47. The van der Waals surface area contributed by atoms with Crippen molar-refractivity contribution in [1.29, 1.82) is 0 Å². The van der Waals surface area contributed by atoms with Gasteiger partial charge >= 0.3 is 0 Å². The van der Waals surface area contributed by atoms with Crippen molar-refractivity contribution < 1.29 is 8.78 Å². The molecule has 0 aliphatic carbocycles. The van der Waals surface area contributed by atoms with E-state index in [2.05, 4.69) is 21.2 Å². The maximum absolute atomic E-state index is 13.8. The molecule has 1 heterocycles. The Labute approximate surface area is 120 Å². The third-order valence-corrected chi connectivity index (χ3v) is 3.55. The lowest BCUT2D eigenvalue weighted by molar-refractivity contribution is 0.144. The Bertz CT molecular complexity index is 386. The highest BCUT2D eigenvalue weighted by Crippen LogP contribution is 2.26. The number of piperazine rings is 1. The van der Waals surface area contributed by atoms with Crippen LogP contribution in [0.5, 0.6) is 0 Å². The zero-order chi connectivity index (χ0) is 12.3. The summed E-state index contributed by atoms with van der Waals surface area (Å²) in [6.07, 6.45) is 0. The van der Waals surface area contributed by atoms with Gasteiger partial charge in [-0.15, -0.1) is 12.4 Å². The predicted octanol–water partition coefficient (Wildman–Crippen LogP) is 2.93. The molecule has 1 saturated heterocycles. The molecule has 1 aliphatic heterocycles. The first-order chi connectivity index (χ1) is 8.22. The van der Waals surface area contributed by atoms with E-state index in [-0.39, 0.29) is 18.2 Å². The van der Waals surface area contributed by atoms with E-state index in [1.807, 2.05) is 4.90 Å². The topological polar surface area (TPSA) is 15.3 Å². The summed E-state index contributed by atoms with van der Waals surface area (Å²) in [5.41, 5.74) is 0.442. The van der Waals surface area contributed by atoms with Gasteiger partial charge in [0, 0.05) is 36.2 Å². The molecule has 2 nitrogen and oxygen atoms in total. The van der Waals surface area contributed by atoms with Crippen LogP contribution in [0.3, 0.4) is 0 Å². The molecule has 1 N–H and O–H groups in total. The van der Waals surface area contributed by atoms with Crippen LogP contribution in [0.2, 0.25) is 0 Å². The Morgan fingerprint density at radius 2 is 2.00 bits per heavy atom. The van der Waals surface area contributed by atoms with E-state index in [0.717, 1.165) is 26.2 Å². The van der Waals surface area contributed by atoms with Crippen molar-refractivity contribution in [2.24, 2.45) is 0 Å². The summed E-state index contributed by atoms with van der Waals surface area (Å²) in [6, 6.07) is 4.33. The SMILES string of the molecule is Cl.FC[C@@H](c1ccc(Br)cc1F)N1CCNCC1. The minimum Gasteiger partial charge on any atom is -0.314 e. The highest BCUT2D eigenvalue weighted by atomic mass is 79.9. The van der Waals surface area contributed by atoms with Crippen LogP contribution in [0, 0.1) is 5.82 Å². The second-order valence-electron chi connectivity index (χ2n) is 4.12. The molecule has 1 aromatic rings. The van der Waals surface area contributed by atoms with Crippen LogP contribution in [0.15, 0.2) is 22.7 Å². The Hall–Kier alpha value is -0.230. The van der Waals surface area contributed by atoms with Crippen molar-refractivity contribution in [3.63, 3.8) is 0 Å². The number of halogens is 4. The van der Waals surface area contributed by atoms with Crippen LogP contribution in [0.25, 0.3) is 0 Å². The van der Waals surface area contributed by atoms with E-state index < -0.39 is 12.7 Å². The van der Waals surface area contributed by atoms with Gasteiger partial charge in [0.25, 0.3) is 0 Å². The Morgan fingerprint density at radius 3 is 2.56 bits per heavy atom. The molecular formula is C12H16BrClF2N2. The molecule has 0 unspecified atom stereocenters. The maximum atomic E-state index is 13.8. The predicted molar refractivity (Wildman–Crippen MR) is 74.5 cm³/mol. The third kappa shape index (κ3) is 3.63. The summed E-state index contributed by atoms with van der Waals surface area (Å²) in [5, 5.41) is 3.20. The Balaban J connectivity index is 0.00000162. The molecule has 0 spiro atoms. The van der Waals surface area contributed by atoms with Crippen LogP contribution in [0.1, 0.15) is 11.6 Å². The normalized spacial score (nSPS) is 18.2. The quantitative estimate of drug-likeness (QED) is 0.909. The first kappa shape index (κ1) is 15.8. The van der Waals surface area contributed by atoms with E-state index >= 15 is 0 Å². The molecule has 1 aromatic carbocycles. The lowest BCUT2D eigenvalue weighted by Crippen LogP contribution is -2.45. The second-order valence-corrected chi connectivity index (χ2v) is 5.04. The van der Waals surface area contributed by atoms with Crippen LogP contribution >= 0.6 is 28.3 Å². The summed E-state index contributed by atoms with van der Waals surface area (Å²) in [6.45, 7) is 2.61. The standard InChI is InChI=1S/C12H15BrF2N2.ClH/c13-9-1-2-10(11(15)7-9)12(8-14)17-5-3-16-4-6-17;/h1-2,7,12,16H,3-6,8H2;1H/t12-;/m0./s1. The van der Waals surface area contributed by atoms with Crippen molar-refractivity contribution in [2.45, 2.75) is 6.04 Å². The van der Waals surface area contributed by atoms with Gasteiger partial charge < -0.3 is 5.32 Å². The van der Waals surface area contributed by atoms with Gasteiger partial charge in [0.05, 0.1) is 6.04 Å². The summed E-state index contributed by atoms with van der Waals surface area (Å²) >= 11 is 3.21. The Kier molecular flexibility index (Phi) is 6.49. The molecular weight excluding hydrogens is 325 g/mol. The van der Waals surface area contributed by atoms with Gasteiger partial charge in [-0.05, 0) is 12.1 Å². The van der Waals surface area contributed by atoms with Gasteiger partial charge in [0.15, 0.2) is 0 Å². The largest absolute Gasteiger partial charge is 0.314 e. The summed E-state index contributed by atoms with van der Waals surface area (Å²) in [7, 11) is 0. The lowest BCUT2D eigenvalue weighted by atomic mass is 10.1. The highest BCUT2D eigenvalue weighted by Gasteiger charge is 2.24. The van der Waals surface area contributed by atoms with E-state index in [1.54, 1.807) is 12.1 Å². The number of hydrogen-bond acceptors (Lipinski definition) is 2. The molecule has 2 rings (SSSR count). The zero-order valence-corrected chi connectivity index (χ0v) is 12.2. The van der Waals surface area contributed by atoms with Gasteiger partial charge in [0.2, 0.25) is 0 Å². The maximum Gasteiger partial charge on any atom is 0.129 e. The van der Waals surface area contributed by atoms with Crippen molar-refractivity contribution in [3.8, 4) is 0 Å². The molecule has 1 atom stereocenters. The van der Waals surface area contributed by atoms with Crippen LogP contribution in [-0.2, 0) is 0 Å². The first-order valence-electron chi connectivity index (χ1n) is 5.68. The van der Waals surface area contributed by atoms with Gasteiger partial charge in [-0.25, -0.2) is 8.78 Å². The molecule has 0 aromatic heterocycles. The van der Waals surface area contributed by atoms with Gasteiger partial charge in [0.1, 0.15) is 12.5 Å². The van der Waals surface area contributed by atoms with Crippen LogP contribution in [0.4, 0.5) is 8.78 Å². The number of nitrogens with zero attached hydrogens (tertiary/aromatic N) is 1. The number of benzene rings is 1. The smallest absolute Gasteiger partial charge is 0.129 e. The lowest BCUT2D eigenvalue weighted by Gasteiger charge is -2.33. The van der Waals surface area contributed by atoms with Gasteiger partial charge in [-0.1, -0.05) is 22.0 Å². The fraction of sp³-hybridized carbons (Fsp3) is 0.500. The minimum absolute atomic E-state index is 0. The average molecular weight is 342 g/mol. The molecule has 0 amide bonds. The van der Waals surface area contributed by atoms with Crippen molar-refractivity contribution >= 4 is 28.3 Å². The fourth-order valence-corrected chi connectivity index (χ4v) is 2.48. The number of nitrogens with one attached hydrogen (secondary N) is 1. The van der Waals surface area contributed by atoms with E-state index in [0.29, 0.717) is 10.0 Å². The summed E-state index contributed by atoms with van der Waals surface area (Å²) < 4.78 is 27.6. The molecule has 1 aliphatic rings. The third-order valence-electron chi connectivity index (χ3n) is 3.06. The van der Waals surface area contributed by atoms with Crippen LogP contribution in [-0.4, -0.2) is 37.8 Å². The van der Waals surface area contributed by atoms with Crippen molar-refractivity contribution in [3.05, 3.63) is 34.1 Å². The molecule has 0 saturated carbocycles. The van der Waals surface area contributed by atoms with Crippen LogP contribution < -0.4 is 5.32 Å². The molecule has 102 valence electrons. The van der Waals surface area contributed by atoms with E-state index in [1.165, 1.54) is 6.07 Å². The van der Waals surface area contributed by atoms with E-state index in [4.69, 9.17) is 0 Å². The summed E-state index contributed by atoms with van der Waals surface area (Å²) in [5.74, 6) is -0.347. The monoisotopic (exact) mass is 340 g/mol. The molecule has 1 fully saturated rings. The number of rotatable bonds is 3. The summed E-state index contributed by atoms with van der Waals surface area (Å²) in [4.78, 5) is 1.99. The minimum atomic E-state index is -0.557. The second kappa shape index (κ2) is 7.38. The molecule has 18 heavy (non-hydrogen) atoms. The van der Waals surface area contributed by atoms with Gasteiger partial charge in [-0.3, -0.25) is 4.90 Å². The molecule has 0 bridgehead atoms. The molecule has 6 heteroatoms. The zero-order valence-electron chi connectivity index (χ0n) is 9.83. The average Bonchev–Trinajstić information content (AvgIpc) is 2.34. The van der Waals surface area contributed by atoms with Gasteiger partial charge in [-0.2, -0.15) is 0 Å². The highest BCUT2D eigenvalue weighted by molar-refractivity contribution is 9.10. The number of hydrogen-bond donors (Lipinski definition) is 1. The van der Waals surface area contributed by atoms with Crippen molar-refractivity contribution in [1.82, 2.24) is 10.2 Å².